The van der Waals surface area contributed by atoms with Gasteiger partial charge in [0.15, 0.2) is 0 Å². The number of halogens is 5. The number of carboxylic acids is 1. The summed E-state index contributed by atoms with van der Waals surface area (Å²) < 4.78 is 72.8. The maximum Gasteiger partial charge on any atom is 0.391 e. The predicted molar refractivity (Wildman–Crippen MR) is 123 cm³/mol. The summed E-state index contributed by atoms with van der Waals surface area (Å²) >= 11 is 0. The average Bonchev–Trinajstić information content (AvgIpc) is 2.77. The normalized spacial score (nSPS) is 26.4. The summed E-state index contributed by atoms with van der Waals surface area (Å²) in [5, 5.41) is 10.3. The maximum atomic E-state index is 14.1. The van der Waals surface area contributed by atoms with E-state index < -0.39 is 41.9 Å². The topological polar surface area (TPSA) is 49.8 Å². The summed E-state index contributed by atoms with van der Waals surface area (Å²) in [5.74, 6) is -2.62. The molecule has 2 aliphatic rings. The number of alkyl halides is 5. The second-order valence-electron chi connectivity index (χ2n) is 10.4. The van der Waals surface area contributed by atoms with E-state index in [-0.39, 0.29) is 43.0 Å². The Kier molecular flexibility index (Phi) is 6.66. The van der Waals surface area contributed by atoms with Crippen LogP contribution < -0.4 is 9.64 Å². The van der Waals surface area contributed by atoms with Crippen molar-refractivity contribution in [2.45, 2.75) is 70.7 Å². The Morgan fingerprint density at radius 1 is 1.11 bits per heavy atom. The molecule has 0 spiro atoms. The summed E-state index contributed by atoms with van der Waals surface area (Å²) in [6.45, 7) is 3.83. The summed E-state index contributed by atoms with van der Waals surface area (Å²) in [4.78, 5) is 13.5. The third-order valence-electron chi connectivity index (χ3n) is 8.04. The van der Waals surface area contributed by atoms with Gasteiger partial charge in [-0.05, 0) is 66.5 Å². The zero-order valence-corrected chi connectivity index (χ0v) is 19.9. The highest BCUT2D eigenvalue weighted by atomic mass is 19.4. The van der Waals surface area contributed by atoms with Gasteiger partial charge in [0.1, 0.15) is 5.75 Å². The lowest BCUT2D eigenvalue weighted by molar-refractivity contribution is -0.185. The van der Waals surface area contributed by atoms with Crippen LogP contribution in [0.5, 0.6) is 5.75 Å². The minimum absolute atomic E-state index is 0.00786. The predicted octanol–water partition coefficient (Wildman–Crippen LogP) is 7.21. The molecular weight excluding hydrogens is 469 g/mol. The van der Waals surface area contributed by atoms with Gasteiger partial charge in [-0.15, -0.1) is 0 Å². The molecule has 0 bridgehead atoms. The molecule has 35 heavy (non-hydrogen) atoms. The van der Waals surface area contributed by atoms with E-state index in [4.69, 9.17) is 4.74 Å². The van der Waals surface area contributed by atoms with Gasteiger partial charge < -0.3 is 14.7 Å². The van der Waals surface area contributed by atoms with Crippen LogP contribution >= 0.6 is 0 Å². The van der Waals surface area contributed by atoms with Gasteiger partial charge >= 0.3 is 12.1 Å². The molecule has 1 N–H and O–H groups in total. The number of ether oxygens (including phenoxy) is 1. The van der Waals surface area contributed by atoms with Crippen LogP contribution in [0.4, 0.5) is 27.6 Å². The second kappa shape index (κ2) is 9.13. The Balaban J connectivity index is 1.55. The van der Waals surface area contributed by atoms with Crippen molar-refractivity contribution in [2.75, 3.05) is 11.9 Å². The minimum Gasteiger partial charge on any atom is -0.490 e. The molecule has 2 aromatic rings. The summed E-state index contributed by atoms with van der Waals surface area (Å²) in [7, 11) is 1.87. The Bertz CT molecular complexity index is 1090. The molecule has 2 aliphatic carbocycles. The van der Waals surface area contributed by atoms with Crippen molar-refractivity contribution in [3.05, 3.63) is 35.9 Å². The lowest BCUT2D eigenvalue weighted by Gasteiger charge is -2.54. The first kappa shape index (κ1) is 25.5. The highest BCUT2D eigenvalue weighted by molar-refractivity contribution is 5.91. The SMILES string of the molecule is CN(c1ccc2c(C(F)F)c(O[C@H]3CC[C@@H](C(F)(F)F)CC3)ccc2c1)C1CC(C(=O)O)C1(C)C. The number of carbonyl (C=O) groups is 1. The lowest BCUT2D eigenvalue weighted by Crippen LogP contribution is -2.59. The van der Waals surface area contributed by atoms with E-state index in [2.05, 4.69) is 0 Å². The van der Waals surface area contributed by atoms with Gasteiger partial charge in [0, 0.05) is 18.8 Å². The van der Waals surface area contributed by atoms with Crippen LogP contribution in [0.1, 0.15) is 57.9 Å². The molecule has 0 amide bonds. The van der Waals surface area contributed by atoms with Crippen LogP contribution in [0.15, 0.2) is 30.3 Å². The van der Waals surface area contributed by atoms with E-state index in [9.17, 15) is 31.9 Å². The number of fused-ring (bicyclic) bond motifs is 1. The quantitative estimate of drug-likeness (QED) is 0.427. The average molecular weight is 500 g/mol. The fourth-order valence-electron chi connectivity index (χ4n) is 5.71. The summed E-state index contributed by atoms with van der Waals surface area (Å²) in [6.07, 6.45) is -6.88. The molecule has 0 heterocycles. The zero-order valence-electron chi connectivity index (χ0n) is 19.9. The van der Waals surface area contributed by atoms with E-state index in [0.29, 0.717) is 17.2 Å². The van der Waals surface area contributed by atoms with E-state index >= 15 is 0 Å². The first-order chi connectivity index (χ1) is 16.3. The number of hydrogen-bond acceptors (Lipinski definition) is 3. The van der Waals surface area contributed by atoms with Gasteiger partial charge in [-0.1, -0.05) is 26.0 Å². The van der Waals surface area contributed by atoms with E-state index in [1.165, 1.54) is 6.07 Å². The van der Waals surface area contributed by atoms with Crippen LogP contribution in [0.25, 0.3) is 10.8 Å². The highest BCUT2D eigenvalue weighted by Crippen LogP contribution is 2.50. The first-order valence-electron chi connectivity index (χ1n) is 11.8. The number of nitrogens with zero attached hydrogens (tertiary/aromatic N) is 1. The molecule has 0 radical (unpaired) electrons. The molecule has 2 unspecified atom stereocenters. The Morgan fingerprint density at radius 2 is 1.77 bits per heavy atom. The van der Waals surface area contributed by atoms with Crippen molar-refractivity contribution in [2.24, 2.45) is 17.3 Å². The third-order valence-corrected chi connectivity index (χ3v) is 8.04. The van der Waals surface area contributed by atoms with Crippen molar-refractivity contribution in [1.82, 2.24) is 0 Å². The maximum absolute atomic E-state index is 14.1. The molecule has 0 aliphatic heterocycles. The van der Waals surface area contributed by atoms with Gasteiger partial charge in [0.05, 0.1) is 23.5 Å². The van der Waals surface area contributed by atoms with Gasteiger partial charge in [-0.3, -0.25) is 4.79 Å². The Labute approximate surface area is 201 Å². The molecule has 2 saturated carbocycles. The Hall–Kier alpha value is -2.58. The zero-order chi connectivity index (χ0) is 25.7. The largest absolute Gasteiger partial charge is 0.490 e. The van der Waals surface area contributed by atoms with Crippen LogP contribution in [0.2, 0.25) is 0 Å². The Morgan fingerprint density at radius 3 is 2.31 bits per heavy atom. The number of hydrogen-bond donors (Lipinski definition) is 1. The fraction of sp³-hybridized carbons (Fsp3) is 0.577. The third kappa shape index (κ3) is 4.78. The number of anilines is 1. The molecule has 4 rings (SSSR count). The molecule has 0 aromatic heterocycles. The standard InChI is InChI=1S/C26H30F5NO3/c1-25(2)19(24(33)34)13-21(25)32(3)16-7-10-18-14(12-16)4-11-20(22(18)23(27)28)35-17-8-5-15(6-9-17)26(29,30)31/h4,7,10-12,15,17,19,21,23H,5-6,8-9,13H2,1-3H3,(H,33,34)/t15-,17+,19?,21?. The van der Waals surface area contributed by atoms with Crippen molar-refractivity contribution in [3.8, 4) is 5.75 Å². The lowest BCUT2D eigenvalue weighted by atomic mass is 9.58. The fourth-order valence-corrected chi connectivity index (χ4v) is 5.71. The minimum atomic E-state index is -4.24. The monoisotopic (exact) mass is 499 g/mol. The number of carboxylic acid groups (broad SMARTS) is 1. The smallest absolute Gasteiger partial charge is 0.391 e. The van der Waals surface area contributed by atoms with Gasteiger partial charge in [0.2, 0.25) is 0 Å². The highest BCUT2D eigenvalue weighted by Gasteiger charge is 2.53. The molecule has 2 aromatic carbocycles. The van der Waals surface area contributed by atoms with Crippen molar-refractivity contribution in [3.63, 3.8) is 0 Å². The van der Waals surface area contributed by atoms with E-state index in [1.54, 1.807) is 24.3 Å². The molecule has 0 saturated heterocycles. The van der Waals surface area contributed by atoms with Crippen molar-refractivity contribution >= 4 is 22.4 Å². The molecular formula is C26H30F5NO3. The van der Waals surface area contributed by atoms with E-state index in [1.807, 2.05) is 25.8 Å². The number of rotatable bonds is 6. The van der Waals surface area contributed by atoms with Crippen LogP contribution in [0.3, 0.4) is 0 Å². The first-order valence-corrected chi connectivity index (χ1v) is 11.8. The molecule has 9 heteroatoms. The van der Waals surface area contributed by atoms with Crippen LogP contribution in [0, 0.1) is 17.3 Å². The molecule has 192 valence electrons. The second-order valence-corrected chi connectivity index (χ2v) is 10.4. The van der Waals surface area contributed by atoms with Gasteiger partial charge in [-0.25, -0.2) is 8.78 Å². The summed E-state index contributed by atoms with van der Waals surface area (Å²) in [6, 6.07) is 8.28. The molecule has 2 atom stereocenters. The number of benzene rings is 2. The molecule has 4 nitrogen and oxygen atoms in total. The molecule has 2 fully saturated rings. The van der Waals surface area contributed by atoms with Gasteiger partial charge in [-0.2, -0.15) is 13.2 Å². The van der Waals surface area contributed by atoms with Gasteiger partial charge in [0.25, 0.3) is 6.43 Å². The van der Waals surface area contributed by atoms with Crippen molar-refractivity contribution in [1.29, 1.82) is 0 Å². The van der Waals surface area contributed by atoms with Crippen LogP contribution in [-0.4, -0.2) is 36.4 Å². The number of aliphatic carboxylic acids is 1. The van der Waals surface area contributed by atoms with Crippen molar-refractivity contribution < 1.29 is 36.6 Å². The van der Waals surface area contributed by atoms with Crippen LogP contribution in [-0.2, 0) is 4.79 Å². The summed E-state index contributed by atoms with van der Waals surface area (Å²) in [5.41, 5.74) is 0.0929. The van der Waals surface area contributed by atoms with E-state index in [0.717, 1.165) is 5.69 Å².